The summed E-state index contributed by atoms with van der Waals surface area (Å²) in [5, 5.41) is 10.7. The van der Waals surface area contributed by atoms with Gasteiger partial charge >= 0.3 is 0 Å². The number of rotatable bonds is 1. The molecule has 1 atom stereocenters. The summed E-state index contributed by atoms with van der Waals surface area (Å²) in [6.45, 7) is 2.08. The molecule has 3 rings (SSSR count). The van der Waals surface area contributed by atoms with Gasteiger partial charge in [0.1, 0.15) is 5.84 Å². The van der Waals surface area contributed by atoms with Crippen LogP contribution >= 0.6 is 0 Å². The first-order valence-electron chi connectivity index (χ1n) is 6.13. The highest BCUT2D eigenvalue weighted by atomic mass is 15.2. The second-order valence-corrected chi connectivity index (χ2v) is 4.74. The molecule has 0 radical (unpaired) electrons. The molecule has 0 saturated carbocycles. The summed E-state index contributed by atoms with van der Waals surface area (Å²) < 4.78 is 0. The van der Waals surface area contributed by atoms with E-state index in [2.05, 4.69) is 47.5 Å². The Morgan fingerprint density at radius 1 is 1.06 bits per heavy atom. The molecule has 2 aromatic rings. The SMILES string of the molecule is CC1CC(c2ccc3ccccc3c2)=NN=C1N. The number of benzene rings is 2. The van der Waals surface area contributed by atoms with Gasteiger partial charge in [-0.2, -0.15) is 5.10 Å². The van der Waals surface area contributed by atoms with E-state index < -0.39 is 0 Å². The van der Waals surface area contributed by atoms with Gasteiger partial charge < -0.3 is 5.73 Å². The van der Waals surface area contributed by atoms with Crippen molar-refractivity contribution in [2.75, 3.05) is 0 Å². The topological polar surface area (TPSA) is 50.7 Å². The van der Waals surface area contributed by atoms with Crippen LogP contribution in [-0.4, -0.2) is 11.5 Å². The number of hydrogen-bond donors (Lipinski definition) is 1. The van der Waals surface area contributed by atoms with Gasteiger partial charge in [-0.1, -0.05) is 43.3 Å². The summed E-state index contributed by atoms with van der Waals surface area (Å²) in [6, 6.07) is 14.7. The Hall–Kier alpha value is -2.16. The fourth-order valence-electron chi connectivity index (χ4n) is 2.20. The molecule has 1 aliphatic heterocycles. The lowest BCUT2D eigenvalue weighted by Crippen LogP contribution is -2.26. The first-order valence-corrected chi connectivity index (χ1v) is 6.13. The minimum Gasteiger partial charge on any atom is -0.385 e. The molecular formula is C15H15N3. The Kier molecular flexibility index (Phi) is 2.59. The van der Waals surface area contributed by atoms with Crippen LogP contribution in [-0.2, 0) is 0 Å². The first-order chi connectivity index (χ1) is 8.74. The average Bonchev–Trinajstić information content (AvgIpc) is 2.41. The lowest BCUT2D eigenvalue weighted by molar-refractivity contribution is 0.779. The monoisotopic (exact) mass is 237 g/mol. The molecule has 1 heterocycles. The van der Waals surface area contributed by atoms with Crippen molar-refractivity contribution in [1.82, 2.24) is 0 Å². The zero-order valence-electron chi connectivity index (χ0n) is 10.3. The molecule has 0 amide bonds. The van der Waals surface area contributed by atoms with E-state index in [-0.39, 0.29) is 5.92 Å². The van der Waals surface area contributed by atoms with Gasteiger partial charge in [-0.25, -0.2) is 0 Å². The Balaban J connectivity index is 2.05. The average molecular weight is 237 g/mol. The second-order valence-electron chi connectivity index (χ2n) is 4.74. The fraction of sp³-hybridized carbons (Fsp3) is 0.200. The third kappa shape index (κ3) is 1.88. The smallest absolute Gasteiger partial charge is 0.125 e. The molecule has 0 aliphatic carbocycles. The summed E-state index contributed by atoms with van der Waals surface area (Å²) in [7, 11) is 0. The van der Waals surface area contributed by atoms with Crippen LogP contribution in [0.1, 0.15) is 18.9 Å². The number of nitrogens with two attached hydrogens (primary N) is 1. The van der Waals surface area contributed by atoms with E-state index in [1.807, 2.05) is 12.1 Å². The third-order valence-corrected chi connectivity index (χ3v) is 3.37. The molecule has 0 bridgehead atoms. The molecule has 1 aliphatic rings. The molecule has 0 aromatic heterocycles. The van der Waals surface area contributed by atoms with Crippen LogP contribution in [0.5, 0.6) is 0 Å². The van der Waals surface area contributed by atoms with Crippen molar-refractivity contribution in [3.05, 3.63) is 48.0 Å². The Bertz CT molecular complexity index is 656. The van der Waals surface area contributed by atoms with E-state index in [1.54, 1.807) is 0 Å². The summed E-state index contributed by atoms with van der Waals surface area (Å²) in [6.07, 6.45) is 0.855. The molecule has 0 fully saturated rings. The quantitative estimate of drug-likeness (QED) is 0.814. The van der Waals surface area contributed by atoms with E-state index in [0.29, 0.717) is 5.84 Å². The lowest BCUT2D eigenvalue weighted by atomic mass is 9.96. The number of hydrogen-bond acceptors (Lipinski definition) is 3. The van der Waals surface area contributed by atoms with Gasteiger partial charge in [-0.15, -0.1) is 5.10 Å². The van der Waals surface area contributed by atoms with E-state index in [4.69, 9.17) is 5.73 Å². The maximum absolute atomic E-state index is 5.75. The van der Waals surface area contributed by atoms with Crippen molar-refractivity contribution in [1.29, 1.82) is 0 Å². The molecule has 1 unspecified atom stereocenters. The van der Waals surface area contributed by atoms with Gasteiger partial charge in [-0.05, 0) is 22.4 Å². The second kappa shape index (κ2) is 4.26. The zero-order valence-corrected chi connectivity index (χ0v) is 10.3. The van der Waals surface area contributed by atoms with E-state index >= 15 is 0 Å². The van der Waals surface area contributed by atoms with E-state index in [9.17, 15) is 0 Å². The number of fused-ring (bicyclic) bond motifs is 1. The van der Waals surface area contributed by atoms with Gasteiger partial charge in [0.05, 0.1) is 5.71 Å². The summed E-state index contributed by atoms with van der Waals surface area (Å²) in [5.74, 6) is 0.892. The van der Waals surface area contributed by atoms with E-state index in [0.717, 1.165) is 17.7 Å². The molecule has 2 N–H and O–H groups in total. The van der Waals surface area contributed by atoms with Crippen LogP contribution in [0, 0.1) is 5.92 Å². The standard InChI is InChI=1S/C15H15N3/c1-10-8-14(17-18-15(10)16)13-7-6-11-4-2-3-5-12(11)9-13/h2-7,9-10H,8H2,1H3,(H2,16,18). The van der Waals surface area contributed by atoms with Crippen LogP contribution in [0.25, 0.3) is 10.8 Å². The van der Waals surface area contributed by atoms with Crippen LogP contribution in [0.3, 0.4) is 0 Å². The largest absolute Gasteiger partial charge is 0.385 e. The Morgan fingerprint density at radius 3 is 2.61 bits per heavy atom. The Labute approximate surface area is 106 Å². The minimum absolute atomic E-state index is 0.268. The fourth-order valence-corrected chi connectivity index (χ4v) is 2.20. The van der Waals surface area contributed by atoms with Crippen LogP contribution in [0.15, 0.2) is 52.7 Å². The van der Waals surface area contributed by atoms with Crippen molar-refractivity contribution < 1.29 is 0 Å². The maximum Gasteiger partial charge on any atom is 0.125 e. The van der Waals surface area contributed by atoms with Crippen LogP contribution in [0.2, 0.25) is 0 Å². The van der Waals surface area contributed by atoms with Crippen molar-refractivity contribution in [3.63, 3.8) is 0 Å². The molecule has 0 saturated heterocycles. The molecule has 3 heteroatoms. The van der Waals surface area contributed by atoms with Crippen molar-refractivity contribution in [2.45, 2.75) is 13.3 Å². The predicted molar refractivity (Wildman–Crippen MR) is 75.9 cm³/mol. The number of nitrogens with zero attached hydrogens (tertiary/aromatic N) is 2. The maximum atomic E-state index is 5.75. The summed E-state index contributed by atoms with van der Waals surface area (Å²) in [5.41, 5.74) is 7.90. The van der Waals surface area contributed by atoms with Gasteiger partial charge in [0, 0.05) is 12.3 Å². The molecule has 18 heavy (non-hydrogen) atoms. The van der Waals surface area contributed by atoms with Crippen molar-refractivity contribution in [2.24, 2.45) is 21.9 Å². The van der Waals surface area contributed by atoms with Crippen LogP contribution < -0.4 is 5.73 Å². The normalized spacial score (nSPS) is 19.5. The molecule has 90 valence electrons. The van der Waals surface area contributed by atoms with Crippen molar-refractivity contribution in [3.8, 4) is 0 Å². The highest BCUT2D eigenvalue weighted by Crippen LogP contribution is 2.20. The first kappa shape index (κ1) is 11.0. The molecule has 2 aromatic carbocycles. The van der Waals surface area contributed by atoms with Crippen molar-refractivity contribution >= 4 is 22.3 Å². The molecular weight excluding hydrogens is 222 g/mol. The van der Waals surface area contributed by atoms with E-state index in [1.165, 1.54) is 10.8 Å². The minimum atomic E-state index is 0.268. The van der Waals surface area contributed by atoms with Gasteiger partial charge in [0.2, 0.25) is 0 Å². The lowest BCUT2D eigenvalue weighted by Gasteiger charge is -2.16. The predicted octanol–water partition coefficient (Wildman–Crippen LogP) is 2.94. The summed E-state index contributed by atoms with van der Waals surface area (Å²) >= 11 is 0. The highest BCUT2D eigenvalue weighted by Gasteiger charge is 2.17. The van der Waals surface area contributed by atoms with Gasteiger partial charge in [0.15, 0.2) is 0 Å². The molecule has 0 spiro atoms. The third-order valence-electron chi connectivity index (χ3n) is 3.37. The summed E-state index contributed by atoms with van der Waals surface area (Å²) in [4.78, 5) is 0. The highest BCUT2D eigenvalue weighted by molar-refractivity contribution is 6.06. The zero-order chi connectivity index (χ0) is 12.5. The van der Waals surface area contributed by atoms with Gasteiger partial charge in [0.25, 0.3) is 0 Å². The Morgan fingerprint density at radius 2 is 1.83 bits per heavy atom. The van der Waals surface area contributed by atoms with Gasteiger partial charge in [-0.3, -0.25) is 0 Å². The van der Waals surface area contributed by atoms with Crippen LogP contribution in [0.4, 0.5) is 0 Å². The molecule has 3 nitrogen and oxygen atoms in total. The number of amidine groups is 1.